The summed E-state index contributed by atoms with van der Waals surface area (Å²) in [5.74, 6) is 0.130. The van der Waals surface area contributed by atoms with Crippen LogP contribution in [0.4, 0.5) is 0 Å². The quantitative estimate of drug-likeness (QED) is 0.772. The SMILES string of the molecule is O=C(C=Cc1ccccc1)N1CCN(C2CC2)CC1Cc1ccccc1. The molecule has 0 radical (unpaired) electrons. The average molecular weight is 346 g/mol. The third kappa shape index (κ3) is 4.23. The van der Waals surface area contributed by atoms with Crippen molar-refractivity contribution in [3.05, 3.63) is 77.9 Å². The number of benzene rings is 2. The van der Waals surface area contributed by atoms with Crippen molar-refractivity contribution in [2.75, 3.05) is 19.6 Å². The minimum atomic E-state index is 0.130. The Bertz CT molecular complexity index is 752. The number of carbonyl (C=O) groups excluding carboxylic acids is 1. The van der Waals surface area contributed by atoms with Gasteiger partial charge in [0, 0.05) is 37.8 Å². The summed E-state index contributed by atoms with van der Waals surface area (Å²) in [6.07, 6.45) is 7.23. The molecule has 3 heteroatoms. The van der Waals surface area contributed by atoms with Gasteiger partial charge in [-0.1, -0.05) is 60.7 Å². The molecule has 2 aliphatic rings. The topological polar surface area (TPSA) is 23.6 Å². The number of amides is 1. The Morgan fingerprint density at radius 3 is 2.35 bits per heavy atom. The van der Waals surface area contributed by atoms with Gasteiger partial charge in [0.2, 0.25) is 5.91 Å². The highest BCUT2D eigenvalue weighted by Crippen LogP contribution is 2.29. The predicted molar refractivity (Wildman–Crippen MR) is 106 cm³/mol. The minimum absolute atomic E-state index is 0.130. The lowest BCUT2D eigenvalue weighted by molar-refractivity contribution is -0.130. The molecular formula is C23H26N2O. The zero-order valence-electron chi connectivity index (χ0n) is 15.1. The van der Waals surface area contributed by atoms with E-state index in [2.05, 4.69) is 34.1 Å². The first-order valence-corrected chi connectivity index (χ1v) is 9.61. The van der Waals surface area contributed by atoms with E-state index in [1.165, 1.54) is 18.4 Å². The first-order valence-electron chi connectivity index (χ1n) is 9.61. The minimum Gasteiger partial charge on any atom is -0.333 e. The average Bonchev–Trinajstić information content (AvgIpc) is 3.53. The van der Waals surface area contributed by atoms with Gasteiger partial charge in [-0.05, 0) is 36.5 Å². The lowest BCUT2D eigenvalue weighted by atomic mass is 10.0. The van der Waals surface area contributed by atoms with E-state index in [1.807, 2.05) is 42.5 Å². The Balaban J connectivity index is 1.48. The molecule has 1 atom stereocenters. The van der Waals surface area contributed by atoms with Gasteiger partial charge in [-0.15, -0.1) is 0 Å². The molecule has 26 heavy (non-hydrogen) atoms. The molecule has 0 aromatic heterocycles. The Morgan fingerprint density at radius 1 is 0.962 bits per heavy atom. The van der Waals surface area contributed by atoms with Crippen molar-refractivity contribution in [1.82, 2.24) is 9.80 Å². The van der Waals surface area contributed by atoms with Gasteiger partial charge in [-0.3, -0.25) is 9.69 Å². The van der Waals surface area contributed by atoms with Gasteiger partial charge in [-0.2, -0.15) is 0 Å². The number of hydrogen-bond donors (Lipinski definition) is 0. The van der Waals surface area contributed by atoms with Crippen molar-refractivity contribution in [3.8, 4) is 0 Å². The van der Waals surface area contributed by atoms with Gasteiger partial charge >= 0.3 is 0 Å². The summed E-state index contributed by atoms with van der Waals surface area (Å²) < 4.78 is 0. The van der Waals surface area contributed by atoms with Gasteiger partial charge in [0.25, 0.3) is 0 Å². The molecule has 2 aromatic rings. The molecule has 0 bridgehead atoms. The van der Waals surface area contributed by atoms with Gasteiger partial charge in [0.05, 0.1) is 0 Å². The molecule has 1 amide bonds. The van der Waals surface area contributed by atoms with Crippen molar-refractivity contribution in [1.29, 1.82) is 0 Å². The van der Waals surface area contributed by atoms with Crippen molar-refractivity contribution in [2.45, 2.75) is 31.3 Å². The fourth-order valence-electron chi connectivity index (χ4n) is 3.83. The molecule has 4 rings (SSSR count). The van der Waals surface area contributed by atoms with Gasteiger partial charge < -0.3 is 4.90 Å². The summed E-state index contributed by atoms with van der Waals surface area (Å²) in [6, 6.07) is 21.6. The normalized spacial score (nSPS) is 21.2. The highest BCUT2D eigenvalue weighted by atomic mass is 16.2. The van der Waals surface area contributed by atoms with Crippen molar-refractivity contribution < 1.29 is 4.79 Å². The van der Waals surface area contributed by atoms with Gasteiger partial charge in [0.15, 0.2) is 0 Å². The van der Waals surface area contributed by atoms with Crippen LogP contribution in [0.2, 0.25) is 0 Å². The number of piperazine rings is 1. The van der Waals surface area contributed by atoms with E-state index in [9.17, 15) is 4.79 Å². The van der Waals surface area contributed by atoms with Crippen LogP contribution in [0.3, 0.4) is 0 Å². The highest BCUT2D eigenvalue weighted by Gasteiger charge is 2.36. The lowest BCUT2D eigenvalue weighted by Crippen LogP contribution is -2.56. The first kappa shape index (κ1) is 17.0. The molecule has 2 aromatic carbocycles. The molecule has 134 valence electrons. The van der Waals surface area contributed by atoms with Crippen LogP contribution >= 0.6 is 0 Å². The molecule has 1 aliphatic carbocycles. The van der Waals surface area contributed by atoms with Crippen molar-refractivity contribution in [3.63, 3.8) is 0 Å². The fourth-order valence-corrected chi connectivity index (χ4v) is 3.83. The Labute approximate surface area is 155 Å². The van der Waals surface area contributed by atoms with Crippen LogP contribution in [0.15, 0.2) is 66.7 Å². The Kier molecular flexibility index (Phi) is 5.16. The molecule has 1 unspecified atom stereocenters. The number of nitrogens with zero attached hydrogens (tertiary/aromatic N) is 2. The Hall–Kier alpha value is -2.39. The molecule has 1 aliphatic heterocycles. The maximum Gasteiger partial charge on any atom is 0.246 e. The molecule has 1 saturated heterocycles. The molecule has 0 spiro atoms. The first-order chi connectivity index (χ1) is 12.8. The smallest absolute Gasteiger partial charge is 0.246 e. The second-order valence-corrected chi connectivity index (χ2v) is 7.35. The maximum absolute atomic E-state index is 12.9. The van der Waals surface area contributed by atoms with E-state index in [0.717, 1.165) is 37.7 Å². The standard InChI is InChI=1S/C23H26N2O/c26-23(14-11-19-7-3-1-4-8-19)25-16-15-24(21-12-13-21)18-22(25)17-20-9-5-2-6-10-20/h1-11,14,21-22H,12-13,15-18H2. The van der Waals surface area contributed by atoms with E-state index in [4.69, 9.17) is 0 Å². The van der Waals surface area contributed by atoms with Crippen LogP contribution in [0.1, 0.15) is 24.0 Å². The summed E-state index contributed by atoms with van der Waals surface area (Å²) >= 11 is 0. The predicted octanol–water partition coefficient (Wildman–Crippen LogP) is 3.62. The summed E-state index contributed by atoms with van der Waals surface area (Å²) in [5.41, 5.74) is 2.37. The number of rotatable bonds is 5. The van der Waals surface area contributed by atoms with E-state index in [0.29, 0.717) is 0 Å². The monoisotopic (exact) mass is 346 g/mol. The maximum atomic E-state index is 12.9. The second-order valence-electron chi connectivity index (χ2n) is 7.35. The van der Waals surface area contributed by atoms with E-state index in [1.54, 1.807) is 6.08 Å². The molecule has 1 heterocycles. The third-order valence-corrected chi connectivity index (χ3v) is 5.39. The molecule has 1 saturated carbocycles. The van der Waals surface area contributed by atoms with E-state index >= 15 is 0 Å². The van der Waals surface area contributed by atoms with Gasteiger partial charge in [0.1, 0.15) is 0 Å². The van der Waals surface area contributed by atoms with Crippen LogP contribution in [0.25, 0.3) is 6.08 Å². The van der Waals surface area contributed by atoms with Gasteiger partial charge in [-0.25, -0.2) is 0 Å². The zero-order valence-corrected chi connectivity index (χ0v) is 15.1. The summed E-state index contributed by atoms with van der Waals surface area (Å²) in [5, 5.41) is 0. The van der Waals surface area contributed by atoms with Crippen LogP contribution in [0, 0.1) is 0 Å². The zero-order chi connectivity index (χ0) is 17.8. The fraction of sp³-hybridized carbons (Fsp3) is 0.348. The summed E-state index contributed by atoms with van der Waals surface area (Å²) in [4.78, 5) is 17.5. The molecular weight excluding hydrogens is 320 g/mol. The van der Waals surface area contributed by atoms with Crippen molar-refractivity contribution in [2.24, 2.45) is 0 Å². The molecule has 2 fully saturated rings. The van der Waals surface area contributed by atoms with Crippen LogP contribution in [-0.4, -0.2) is 47.4 Å². The number of carbonyl (C=O) groups is 1. The highest BCUT2D eigenvalue weighted by molar-refractivity contribution is 5.92. The summed E-state index contributed by atoms with van der Waals surface area (Å²) in [6.45, 7) is 2.82. The van der Waals surface area contributed by atoms with E-state index < -0.39 is 0 Å². The summed E-state index contributed by atoms with van der Waals surface area (Å²) in [7, 11) is 0. The van der Waals surface area contributed by atoms with Crippen LogP contribution in [-0.2, 0) is 11.2 Å². The van der Waals surface area contributed by atoms with Crippen molar-refractivity contribution >= 4 is 12.0 Å². The van der Waals surface area contributed by atoms with Crippen LogP contribution < -0.4 is 0 Å². The van der Waals surface area contributed by atoms with Crippen LogP contribution in [0.5, 0.6) is 0 Å². The third-order valence-electron chi connectivity index (χ3n) is 5.39. The second kappa shape index (κ2) is 7.88. The molecule has 3 nitrogen and oxygen atoms in total. The Morgan fingerprint density at radius 2 is 1.65 bits per heavy atom. The largest absolute Gasteiger partial charge is 0.333 e. The van der Waals surface area contributed by atoms with E-state index in [-0.39, 0.29) is 11.9 Å². The number of hydrogen-bond acceptors (Lipinski definition) is 2. The lowest BCUT2D eigenvalue weighted by Gasteiger charge is -2.41. The molecule has 0 N–H and O–H groups in total.